The minimum atomic E-state index is -0.974. The maximum atomic E-state index is 11.5. The summed E-state index contributed by atoms with van der Waals surface area (Å²) in [6.45, 7) is 0. The van der Waals surface area contributed by atoms with Gasteiger partial charge in [0, 0.05) is 0 Å². The summed E-state index contributed by atoms with van der Waals surface area (Å²) in [4.78, 5) is 33.4. The van der Waals surface area contributed by atoms with E-state index < -0.39 is 29.4 Å². The molecular formula is C9H12N2O4. The molecule has 2 atom stereocenters. The maximum absolute atomic E-state index is 11.5. The lowest BCUT2D eigenvalue weighted by molar-refractivity contribution is -0.144. The van der Waals surface area contributed by atoms with Gasteiger partial charge in [0.1, 0.15) is 5.54 Å². The number of urea groups is 1. The number of rotatable bonds is 1. The number of carboxylic acids is 1. The molecule has 0 aromatic carbocycles. The number of hydrogen-bond donors (Lipinski definition) is 3. The van der Waals surface area contributed by atoms with Crippen molar-refractivity contribution in [3.05, 3.63) is 0 Å². The molecule has 2 aliphatic rings. The fraction of sp³-hybridized carbons (Fsp3) is 0.667. The number of aliphatic carboxylic acids is 1. The van der Waals surface area contributed by atoms with Gasteiger partial charge in [0.05, 0.1) is 5.92 Å². The Kier molecular flexibility index (Phi) is 2.13. The molecule has 1 heterocycles. The fourth-order valence-electron chi connectivity index (χ4n) is 2.33. The Balaban J connectivity index is 2.18. The van der Waals surface area contributed by atoms with E-state index >= 15 is 0 Å². The average Bonchev–Trinajstić information content (AvgIpc) is 2.41. The van der Waals surface area contributed by atoms with Gasteiger partial charge in [0.15, 0.2) is 0 Å². The van der Waals surface area contributed by atoms with Crippen molar-refractivity contribution in [1.82, 2.24) is 10.6 Å². The van der Waals surface area contributed by atoms with Gasteiger partial charge in [-0.3, -0.25) is 14.9 Å². The molecule has 2 fully saturated rings. The summed E-state index contributed by atoms with van der Waals surface area (Å²) in [5, 5.41) is 13.6. The molecule has 0 radical (unpaired) electrons. The standard InChI is InChI=1S/C9H12N2O4/c12-6(13)5-2-1-3-9(4-5)7(14)10-8(15)11-9/h5H,1-4H2,(H,12,13)(H2,10,11,14,15). The third kappa shape index (κ3) is 1.55. The Labute approximate surface area is 86.0 Å². The quantitative estimate of drug-likeness (QED) is 0.526. The van der Waals surface area contributed by atoms with Crippen molar-refractivity contribution < 1.29 is 19.5 Å². The smallest absolute Gasteiger partial charge is 0.322 e. The molecule has 3 amide bonds. The summed E-state index contributed by atoms with van der Waals surface area (Å²) in [5.74, 6) is -1.83. The van der Waals surface area contributed by atoms with E-state index in [1.165, 1.54) is 0 Å². The Morgan fingerprint density at radius 2 is 2.20 bits per heavy atom. The van der Waals surface area contributed by atoms with Crippen LogP contribution in [0.4, 0.5) is 4.79 Å². The Hall–Kier alpha value is -1.59. The predicted molar refractivity (Wildman–Crippen MR) is 49.0 cm³/mol. The molecule has 1 saturated carbocycles. The molecular weight excluding hydrogens is 200 g/mol. The lowest BCUT2D eigenvalue weighted by Crippen LogP contribution is -2.51. The SMILES string of the molecule is O=C1NC(=O)C2(CCCC(C(=O)O)C2)N1. The first-order valence-corrected chi connectivity index (χ1v) is 4.90. The maximum Gasteiger partial charge on any atom is 0.322 e. The first-order valence-electron chi connectivity index (χ1n) is 4.90. The van der Waals surface area contributed by atoms with Gasteiger partial charge in [0.25, 0.3) is 5.91 Å². The highest BCUT2D eigenvalue weighted by Gasteiger charge is 2.50. The van der Waals surface area contributed by atoms with Crippen LogP contribution >= 0.6 is 0 Å². The molecule has 0 aromatic heterocycles. The second-order valence-corrected chi connectivity index (χ2v) is 4.12. The highest BCUT2D eigenvalue weighted by atomic mass is 16.4. The van der Waals surface area contributed by atoms with Crippen molar-refractivity contribution in [2.24, 2.45) is 5.92 Å². The molecule has 0 aromatic rings. The molecule has 15 heavy (non-hydrogen) atoms. The monoisotopic (exact) mass is 212 g/mol. The number of nitrogens with one attached hydrogen (secondary N) is 2. The third-order valence-corrected chi connectivity index (χ3v) is 3.11. The largest absolute Gasteiger partial charge is 0.481 e. The van der Waals surface area contributed by atoms with E-state index in [-0.39, 0.29) is 6.42 Å². The van der Waals surface area contributed by atoms with Crippen molar-refractivity contribution in [2.45, 2.75) is 31.2 Å². The van der Waals surface area contributed by atoms with Gasteiger partial charge in [-0.05, 0) is 25.7 Å². The van der Waals surface area contributed by atoms with Crippen molar-refractivity contribution in [1.29, 1.82) is 0 Å². The Bertz CT molecular complexity index is 341. The van der Waals surface area contributed by atoms with Crippen LogP contribution in [0.15, 0.2) is 0 Å². The van der Waals surface area contributed by atoms with Gasteiger partial charge in [-0.15, -0.1) is 0 Å². The fourth-order valence-corrected chi connectivity index (χ4v) is 2.33. The summed E-state index contributed by atoms with van der Waals surface area (Å²) >= 11 is 0. The average molecular weight is 212 g/mol. The number of carboxylic acid groups (broad SMARTS) is 1. The van der Waals surface area contributed by atoms with E-state index in [0.717, 1.165) is 0 Å². The highest BCUT2D eigenvalue weighted by molar-refractivity contribution is 6.07. The highest BCUT2D eigenvalue weighted by Crippen LogP contribution is 2.34. The van der Waals surface area contributed by atoms with E-state index in [4.69, 9.17) is 5.11 Å². The summed E-state index contributed by atoms with van der Waals surface area (Å²) in [7, 11) is 0. The molecule has 82 valence electrons. The number of amides is 3. The van der Waals surface area contributed by atoms with Gasteiger partial charge in [-0.1, -0.05) is 0 Å². The molecule has 2 unspecified atom stereocenters. The molecule has 1 aliphatic carbocycles. The topological polar surface area (TPSA) is 95.5 Å². The second kappa shape index (κ2) is 3.22. The minimum absolute atomic E-state index is 0.194. The van der Waals surface area contributed by atoms with Crippen LogP contribution in [0.1, 0.15) is 25.7 Å². The van der Waals surface area contributed by atoms with Crippen LogP contribution in [0.3, 0.4) is 0 Å². The van der Waals surface area contributed by atoms with Gasteiger partial charge < -0.3 is 10.4 Å². The molecule has 1 saturated heterocycles. The zero-order chi connectivity index (χ0) is 11.1. The molecule has 6 heteroatoms. The van der Waals surface area contributed by atoms with E-state index in [2.05, 4.69) is 10.6 Å². The zero-order valence-corrected chi connectivity index (χ0v) is 8.08. The number of imide groups is 1. The summed E-state index contributed by atoms with van der Waals surface area (Å²) < 4.78 is 0. The summed E-state index contributed by atoms with van der Waals surface area (Å²) in [6.07, 6.45) is 1.93. The van der Waals surface area contributed by atoms with E-state index in [9.17, 15) is 14.4 Å². The van der Waals surface area contributed by atoms with E-state index in [1.807, 2.05) is 0 Å². The number of carbonyl (C=O) groups is 3. The van der Waals surface area contributed by atoms with Crippen molar-refractivity contribution in [3.8, 4) is 0 Å². The number of carbonyl (C=O) groups excluding carboxylic acids is 2. The zero-order valence-electron chi connectivity index (χ0n) is 8.08. The van der Waals surface area contributed by atoms with Crippen LogP contribution in [0.5, 0.6) is 0 Å². The van der Waals surface area contributed by atoms with Crippen LogP contribution in [0.2, 0.25) is 0 Å². The molecule has 1 spiro atoms. The van der Waals surface area contributed by atoms with Crippen molar-refractivity contribution in [2.75, 3.05) is 0 Å². The van der Waals surface area contributed by atoms with Crippen LogP contribution in [-0.2, 0) is 9.59 Å². The normalized spacial score (nSPS) is 35.1. The van der Waals surface area contributed by atoms with Crippen LogP contribution in [0, 0.1) is 5.92 Å². The third-order valence-electron chi connectivity index (χ3n) is 3.11. The lowest BCUT2D eigenvalue weighted by atomic mass is 9.76. The second-order valence-electron chi connectivity index (χ2n) is 4.12. The Morgan fingerprint density at radius 3 is 2.73 bits per heavy atom. The van der Waals surface area contributed by atoms with Gasteiger partial charge >= 0.3 is 12.0 Å². The van der Waals surface area contributed by atoms with Crippen molar-refractivity contribution >= 4 is 17.9 Å². The molecule has 0 bridgehead atoms. The van der Waals surface area contributed by atoms with Crippen LogP contribution in [-0.4, -0.2) is 28.6 Å². The first kappa shape index (κ1) is 9.95. The first-order chi connectivity index (χ1) is 7.03. The van der Waals surface area contributed by atoms with E-state index in [0.29, 0.717) is 19.3 Å². The molecule has 1 aliphatic heterocycles. The lowest BCUT2D eigenvalue weighted by Gasteiger charge is -2.33. The van der Waals surface area contributed by atoms with Gasteiger partial charge in [-0.25, -0.2) is 4.79 Å². The van der Waals surface area contributed by atoms with Crippen molar-refractivity contribution in [3.63, 3.8) is 0 Å². The Morgan fingerprint density at radius 1 is 1.47 bits per heavy atom. The van der Waals surface area contributed by atoms with Gasteiger partial charge in [-0.2, -0.15) is 0 Å². The summed E-state index contributed by atoms with van der Waals surface area (Å²) in [6, 6.07) is -0.522. The molecule has 2 rings (SSSR count). The molecule has 3 N–H and O–H groups in total. The summed E-state index contributed by atoms with van der Waals surface area (Å²) in [5.41, 5.74) is -0.974. The predicted octanol–water partition coefficient (Wildman–Crippen LogP) is -0.161. The number of hydrogen-bond acceptors (Lipinski definition) is 3. The van der Waals surface area contributed by atoms with Crippen LogP contribution < -0.4 is 10.6 Å². The minimum Gasteiger partial charge on any atom is -0.481 e. The van der Waals surface area contributed by atoms with Crippen LogP contribution in [0.25, 0.3) is 0 Å². The van der Waals surface area contributed by atoms with Gasteiger partial charge in [0.2, 0.25) is 0 Å². The molecule has 6 nitrogen and oxygen atoms in total. The van der Waals surface area contributed by atoms with E-state index in [1.54, 1.807) is 0 Å².